The van der Waals surface area contributed by atoms with Crippen LogP contribution < -0.4 is 10.0 Å². The van der Waals surface area contributed by atoms with Gasteiger partial charge in [-0.1, -0.05) is 0 Å². The lowest BCUT2D eigenvalue weighted by molar-refractivity contribution is 0.607. The third-order valence-corrected chi connectivity index (χ3v) is 3.30. The van der Waals surface area contributed by atoms with E-state index < -0.39 is 10.0 Å². The van der Waals surface area contributed by atoms with Crippen LogP contribution in [0.3, 0.4) is 0 Å². The lowest BCUT2D eigenvalue weighted by atomic mass is 10.2. The Balaban J connectivity index is 1.93. The van der Waals surface area contributed by atoms with Gasteiger partial charge in [-0.25, -0.2) is 8.42 Å². The smallest absolute Gasteiger partial charge is 0.229 e. The van der Waals surface area contributed by atoms with Gasteiger partial charge in [0, 0.05) is 36.2 Å². The number of nitrogens with one attached hydrogen (secondary N) is 2. The number of sulfonamides is 1. The van der Waals surface area contributed by atoms with E-state index in [2.05, 4.69) is 15.1 Å². The van der Waals surface area contributed by atoms with Gasteiger partial charge in [-0.3, -0.25) is 9.40 Å². The average molecular weight is 294 g/mol. The molecular weight excluding hydrogens is 276 g/mol. The van der Waals surface area contributed by atoms with Gasteiger partial charge in [0.05, 0.1) is 12.5 Å². The third kappa shape index (κ3) is 4.27. The van der Waals surface area contributed by atoms with Crippen molar-refractivity contribution in [1.29, 1.82) is 0 Å². The summed E-state index contributed by atoms with van der Waals surface area (Å²) in [6.45, 7) is 3.57. The number of benzene rings is 1. The second-order valence-electron chi connectivity index (χ2n) is 4.51. The van der Waals surface area contributed by atoms with Crippen molar-refractivity contribution < 1.29 is 8.42 Å². The Morgan fingerprint density at radius 2 is 1.85 bits per heavy atom. The number of anilines is 2. The summed E-state index contributed by atoms with van der Waals surface area (Å²) < 4.78 is 26.5. The van der Waals surface area contributed by atoms with Gasteiger partial charge >= 0.3 is 0 Å². The highest BCUT2D eigenvalue weighted by Crippen LogP contribution is 2.15. The van der Waals surface area contributed by atoms with Crippen LogP contribution in [0.2, 0.25) is 0 Å². The molecule has 1 aromatic heterocycles. The maximum atomic E-state index is 11.1. The minimum Gasteiger partial charge on any atom is -0.381 e. The van der Waals surface area contributed by atoms with Crippen molar-refractivity contribution >= 4 is 21.4 Å². The van der Waals surface area contributed by atoms with Crippen molar-refractivity contribution in [1.82, 2.24) is 9.78 Å². The van der Waals surface area contributed by atoms with Gasteiger partial charge in [0.2, 0.25) is 10.0 Å². The first-order valence-corrected chi connectivity index (χ1v) is 8.18. The summed E-state index contributed by atoms with van der Waals surface area (Å²) in [6, 6.07) is 7.10. The number of rotatable bonds is 6. The predicted octanol–water partition coefficient (Wildman–Crippen LogP) is 1.89. The van der Waals surface area contributed by atoms with Crippen LogP contribution in [0, 0.1) is 0 Å². The van der Waals surface area contributed by atoms with Crippen LogP contribution in [0.15, 0.2) is 36.7 Å². The first-order valence-electron chi connectivity index (χ1n) is 6.29. The van der Waals surface area contributed by atoms with Gasteiger partial charge in [0.25, 0.3) is 0 Å². The molecule has 20 heavy (non-hydrogen) atoms. The van der Waals surface area contributed by atoms with Crippen LogP contribution >= 0.6 is 0 Å². The van der Waals surface area contributed by atoms with E-state index in [1.54, 1.807) is 12.1 Å². The van der Waals surface area contributed by atoms with E-state index in [9.17, 15) is 8.42 Å². The van der Waals surface area contributed by atoms with Crippen LogP contribution in [0.4, 0.5) is 11.4 Å². The molecule has 0 aliphatic carbocycles. The standard InChI is InChI=1S/C13H18N4O2S/c1-3-17-10-11(9-15-17)8-14-12-4-6-13(7-5-12)16-20(2,18)19/h4-7,9-10,14,16H,3,8H2,1-2H3. The first-order chi connectivity index (χ1) is 9.46. The van der Waals surface area contributed by atoms with Crippen molar-refractivity contribution in [2.24, 2.45) is 0 Å². The predicted molar refractivity (Wildman–Crippen MR) is 80.1 cm³/mol. The maximum absolute atomic E-state index is 11.1. The van der Waals surface area contributed by atoms with E-state index in [4.69, 9.17) is 0 Å². The number of nitrogens with zero attached hydrogens (tertiary/aromatic N) is 2. The summed E-state index contributed by atoms with van der Waals surface area (Å²) >= 11 is 0. The zero-order valence-electron chi connectivity index (χ0n) is 11.5. The Kier molecular flexibility index (Phi) is 4.29. The molecule has 0 saturated carbocycles. The minimum absolute atomic E-state index is 0.553. The van der Waals surface area contributed by atoms with E-state index in [0.29, 0.717) is 12.2 Å². The van der Waals surface area contributed by atoms with E-state index in [1.807, 2.05) is 36.1 Å². The van der Waals surface area contributed by atoms with Gasteiger partial charge in [-0.2, -0.15) is 5.10 Å². The molecule has 1 aromatic carbocycles. The highest BCUT2D eigenvalue weighted by molar-refractivity contribution is 7.92. The molecule has 1 heterocycles. The molecule has 0 spiro atoms. The number of aromatic nitrogens is 2. The molecule has 108 valence electrons. The van der Waals surface area contributed by atoms with Gasteiger partial charge in [-0.15, -0.1) is 0 Å². The lowest BCUT2D eigenvalue weighted by Gasteiger charge is -2.07. The first kappa shape index (κ1) is 14.4. The van der Waals surface area contributed by atoms with Gasteiger partial charge in [0.15, 0.2) is 0 Å². The topological polar surface area (TPSA) is 76.0 Å². The fraction of sp³-hybridized carbons (Fsp3) is 0.308. The largest absolute Gasteiger partial charge is 0.381 e. The Labute approximate surface area is 118 Å². The van der Waals surface area contributed by atoms with Crippen LogP contribution in [0.25, 0.3) is 0 Å². The normalized spacial score (nSPS) is 11.3. The van der Waals surface area contributed by atoms with E-state index >= 15 is 0 Å². The lowest BCUT2D eigenvalue weighted by Crippen LogP contribution is -2.09. The second kappa shape index (κ2) is 5.96. The monoisotopic (exact) mass is 294 g/mol. The zero-order valence-corrected chi connectivity index (χ0v) is 12.3. The second-order valence-corrected chi connectivity index (χ2v) is 6.26. The number of aryl methyl sites for hydroxylation is 1. The summed E-state index contributed by atoms with van der Waals surface area (Å²) in [5.41, 5.74) is 2.58. The Morgan fingerprint density at radius 1 is 1.20 bits per heavy atom. The van der Waals surface area contributed by atoms with E-state index in [0.717, 1.165) is 24.1 Å². The fourth-order valence-corrected chi connectivity index (χ4v) is 2.31. The van der Waals surface area contributed by atoms with Crippen molar-refractivity contribution in [3.63, 3.8) is 0 Å². The van der Waals surface area contributed by atoms with Gasteiger partial charge in [0.1, 0.15) is 0 Å². The summed E-state index contributed by atoms with van der Waals surface area (Å²) in [5, 5.41) is 7.46. The summed E-state index contributed by atoms with van der Waals surface area (Å²) in [7, 11) is -3.23. The Hall–Kier alpha value is -2.02. The summed E-state index contributed by atoms with van der Waals surface area (Å²) in [4.78, 5) is 0. The van der Waals surface area contributed by atoms with Crippen LogP contribution in [0.5, 0.6) is 0 Å². The molecule has 0 atom stereocenters. The molecule has 2 rings (SSSR count). The molecular formula is C13H18N4O2S. The Morgan fingerprint density at radius 3 is 2.40 bits per heavy atom. The molecule has 0 radical (unpaired) electrons. The molecule has 0 unspecified atom stereocenters. The zero-order chi connectivity index (χ0) is 14.6. The number of hydrogen-bond donors (Lipinski definition) is 2. The number of hydrogen-bond acceptors (Lipinski definition) is 4. The highest BCUT2D eigenvalue weighted by atomic mass is 32.2. The molecule has 0 aliphatic heterocycles. The molecule has 0 saturated heterocycles. The van der Waals surface area contributed by atoms with Crippen molar-refractivity contribution in [3.05, 3.63) is 42.2 Å². The molecule has 2 N–H and O–H groups in total. The van der Waals surface area contributed by atoms with Gasteiger partial charge < -0.3 is 5.32 Å². The van der Waals surface area contributed by atoms with Crippen LogP contribution in [-0.4, -0.2) is 24.5 Å². The SMILES string of the molecule is CCn1cc(CNc2ccc(NS(C)(=O)=O)cc2)cn1. The third-order valence-electron chi connectivity index (χ3n) is 2.70. The molecule has 0 fully saturated rings. The summed E-state index contributed by atoms with van der Waals surface area (Å²) in [6.07, 6.45) is 4.95. The average Bonchev–Trinajstić information content (AvgIpc) is 2.84. The molecule has 6 nitrogen and oxygen atoms in total. The van der Waals surface area contributed by atoms with Crippen molar-refractivity contribution in [2.45, 2.75) is 20.0 Å². The minimum atomic E-state index is -3.23. The summed E-state index contributed by atoms with van der Waals surface area (Å²) in [5.74, 6) is 0. The highest BCUT2D eigenvalue weighted by Gasteiger charge is 2.02. The van der Waals surface area contributed by atoms with Crippen molar-refractivity contribution in [2.75, 3.05) is 16.3 Å². The Bertz CT molecular complexity index is 662. The van der Waals surface area contributed by atoms with Crippen LogP contribution in [0.1, 0.15) is 12.5 Å². The van der Waals surface area contributed by atoms with Gasteiger partial charge in [-0.05, 0) is 31.2 Å². The molecule has 0 aliphatic rings. The molecule has 0 bridgehead atoms. The molecule has 7 heteroatoms. The molecule has 2 aromatic rings. The molecule has 0 amide bonds. The van der Waals surface area contributed by atoms with Crippen LogP contribution in [-0.2, 0) is 23.1 Å². The van der Waals surface area contributed by atoms with E-state index in [-0.39, 0.29) is 0 Å². The fourth-order valence-electron chi connectivity index (χ4n) is 1.74. The van der Waals surface area contributed by atoms with Crippen molar-refractivity contribution in [3.8, 4) is 0 Å². The maximum Gasteiger partial charge on any atom is 0.229 e. The quantitative estimate of drug-likeness (QED) is 0.853. The van der Waals surface area contributed by atoms with E-state index in [1.165, 1.54) is 0 Å².